The Labute approximate surface area is 179 Å². The lowest BCUT2D eigenvalue weighted by Crippen LogP contribution is -2.39. The van der Waals surface area contributed by atoms with Crippen molar-refractivity contribution in [2.45, 2.75) is 43.3 Å². The molecular weight excluding hydrogens is 401 g/mol. The van der Waals surface area contributed by atoms with Crippen molar-refractivity contribution < 1.29 is 9.18 Å². The SMILES string of the molecule is CN(C(=O)CSc1nnc(-c2cccnc2)n1-c1ccccc1F)C1CCCCC1. The summed E-state index contributed by atoms with van der Waals surface area (Å²) in [5.41, 5.74) is 1.07. The van der Waals surface area contributed by atoms with Gasteiger partial charge in [-0.15, -0.1) is 10.2 Å². The van der Waals surface area contributed by atoms with Gasteiger partial charge in [0, 0.05) is 31.0 Å². The molecule has 0 unspecified atom stereocenters. The highest BCUT2D eigenvalue weighted by Gasteiger charge is 2.24. The summed E-state index contributed by atoms with van der Waals surface area (Å²) in [5.74, 6) is 0.392. The van der Waals surface area contributed by atoms with Crippen LogP contribution in [0.25, 0.3) is 17.1 Å². The van der Waals surface area contributed by atoms with Gasteiger partial charge < -0.3 is 4.90 Å². The first-order chi connectivity index (χ1) is 14.6. The fraction of sp³-hybridized carbons (Fsp3) is 0.364. The minimum atomic E-state index is -0.380. The summed E-state index contributed by atoms with van der Waals surface area (Å²) in [7, 11) is 1.88. The van der Waals surface area contributed by atoms with Crippen molar-refractivity contribution in [1.29, 1.82) is 0 Å². The number of aromatic nitrogens is 4. The molecule has 0 spiro atoms. The van der Waals surface area contributed by atoms with Gasteiger partial charge in [0.25, 0.3) is 0 Å². The number of hydrogen-bond acceptors (Lipinski definition) is 5. The van der Waals surface area contributed by atoms with Crippen molar-refractivity contribution in [3.63, 3.8) is 0 Å². The summed E-state index contributed by atoms with van der Waals surface area (Å²) >= 11 is 1.28. The van der Waals surface area contributed by atoms with Crippen LogP contribution in [0, 0.1) is 5.82 Å². The van der Waals surface area contributed by atoms with E-state index in [1.54, 1.807) is 41.2 Å². The van der Waals surface area contributed by atoms with Crippen LogP contribution in [0.15, 0.2) is 53.9 Å². The summed E-state index contributed by atoms with van der Waals surface area (Å²) in [4.78, 5) is 18.8. The van der Waals surface area contributed by atoms with Crippen LogP contribution in [-0.4, -0.2) is 49.4 Å². The molecule has 2 aromatic heterocycles. The van der Waals surface area contributed by atoms with Crippen LogP contribution in [0.3, 0.4) is 0 Å². The lowest BCUT2D eigenvalue weighted by molar-refractivity contribution is -0.129. The predicted molar refractivity (Wildman–Crippen MR) is 115 cm³/mol. The second-order valence-electron chi connectivity index (χ2n) is 7.42. The number of rotatable bonds is 6. The minimum absolute atomic E-state index is 0.0536. The molecule has 30 heavy (non-hydrogen) atoms. The van der Waals surface area contributed by atoms with Crippen molar-refractivity contribution in [2.75, 3.05) is 12.8 Å². The van der Waals surface area contributed by atoms with Crippen molar-refractivity contribution in [3.05, 3.63) is 54.6 Å². The van der Waals surface area contributed by atoms with Crippen molar-refractivity contribution in [1.82, 2.24) is 24.6 Å². The monoisotopic (exact) mass is 425 g/mol. The third kappa shape index (κ3) is 4.38. The Kier molecular flexibility index (Phi) is 6.42. The summed E-state index contributed by atoms with van der Waals surface area (Å²) in [6, 6.07) is 10.4. The molecule has 4 rings (SSSR count). The molecule has 0 radical (unpaired) electrons. The van der Waals surface area contributed by atoms with E-state index < -0.39 is 0 Å². The van der Waals surface area contributed by atoms with Crippen molar-refractivity contribution >= 4 is 17.7 Å². The van der Waals surface area contributed by atoms with Crippen LogP contribution in [0.5, 0.6) is 0 Å². The number of halogens is 1. The molecule has 8 heteroatoms. The van der Waals surface area contributed by atoms with Gasteiger partial charge in [-0.1, -0.05) is 43.2 Å². The Morgan fingerprint density at radius 3 is 2.70 bits per heavy atom. The zero-order valence-electron chi connectivity index (χ0n) is 16.9. The van der Waals surface area contributed by atoms with Crippen LogP contribution >= 0.6 is 11.8 Å². The number of amides is 1. The molecule has 0 atom stereocenters. The zero-order chi connectivity index (χ0) is 20.9. The van der Waals surface area contributed by atoms with E-state index in [1.165, 1.54) is 37.1 Å². The van der Waals surface area contributed by atoms with Gasteiger partial charge >= 0.3 is 0 Å². The second kappa shape index (κ2) is 9.38. The third-order valence-corrected chi connectivity index (χ3v) is 6.40. The maximum atomic E-state index is 14.6. The van der Waals surface area contributed by atoms with Crippen LogP contribution < -0.4 is 0 Å². The van der Waals surface area contributed by atoms with E-state index in [1.807, 2.05) is 18.0 Å². The summed E-state index contributed by atoms with van der Waals surface area (Å²) < 4.78 is 16.3. The number of pyridine rings is 1. The van der Waals surface area contributed by atoms with E-state index in [-0.39, 0.29) is 17.5 Å². The van der Waals surface area contributed by atoms with Gasteiger partial charge in [-0.2, -0.15) is 0 Å². The number of thioether (sulfide) groups is 1. The van der Waals surface area contributed by atoms with Crippen LogP contribution in [-0.2, 0) is 4.79 Å². The van der Waals surface area contributed by atoms with Crippen LogP contribution in [0.2, 0.25) is 0 Å². The lowest BCUT2D eigenvalue weighted by Gasteiger charge is -2.31. The first kappa shape index (κ1) is 20.5. The number of benzene rings is 1. The van der Waals surface area contributed by atoms with Crippen LogP contribution in [0.4, 0.5) is 4.39 Å². The fourth-order valence-electron chi connectivity index (χ4n) is 3.80. The Morgan fingerprint density at radius 1 is 1.17 bits per heavy atom. The number of hydrogen-bond donors (Lipinski definition) is 0. The van der Waals surface area contributed by atoms with Gasteiger partial charge in [0.15, 0.2) is 11.0 Å². The second-order valence-corrected chi connectivity index (χ2v) is 8.36. The third-order valence-electron chi connectivity index (χ3n) is 5.49. The number of carbonyl (C=O) groups is 1. The highest BCUT2D eigenvalue weighted by Crippen LogP contribution is 2.29. The molecule has 3 aromatic rings. The Balaban J connectivity index is 1.60. The number of para-hydroxylation sites is 1. The Hall–Kier alpha value is -2.74. The number of carbonyl (C=O) groups excluding carboxylic acids is 1. The van der Waals surface area contributed by atoms with Crippen molar-refractivity contribution in [2.24, 2.45) is 0 Å². The van der Waals surface area contributed by atoms with E-state index in [9.17, 15) is 9.18 Å². The van der Waals surface area contributed by atoms with Gasteiger partial charge in [0.1, 0.15) is 5.82 Å². The zero-order valence-corrected chi connectivity index (χ0v) is 17.7. The molecule has 0 N–H and O–H groups in total. The fourth-order valence-corrected chi connectivity index (χ4v) is 4.66. The smallest absolute Gasteiger partial charge is 0.233 e. The number of nitrogens with zero attached hydrogens (tertiary/aromatic N) is 5. The molecule has 1 aliphatic carbocycles. The minimum Gasteiger partial charge on any atom is -0.342 e. The van der Waals surface area contributed by atoms with Crippen molar-refractivity contribution in [3.8, 4) is 17.1 Å². The Morgan fingerprint density at radius 2 is 1.97 bits per heavy atom. The Bertz CT molecular complexity index is 1000. The van der Waals surface area contributed by atoms with E-state index in [0.29, 0.717) is 22.7 Å². The quantitative estimate of drug-likeness (QED) is 0.550. The molecule has 1 fully saturated rings. The van der Waals surface area contributed by atoms with Gasteiger partial charge in [0.2, 0.25) is 5.91 Å². The summed E-state index contributed by atoms with van der Waals surface area (Å²) in [5, 5.41) is 9.02. The molecule has 0 aliphatic heterocycles. The van der Waals surface area contributed by atoms with E-state index in [4.69, 9.17) is 0 Å². The summed E-state index contributed by atoms with van der Waals surface area (Å²) in [6.45, 7) is 0. The highest BCUT2D eigenvalue weighted by molar-refractivity contribution is 7.99. The molecule has 1 saturated carbocycles. The molecule has 1 aliphatic rings. The largest absolute Gasteiger partial charge is 0.342 e. The average molecular weight is 426 g/mol. The maximum Gasteiger partial charge on any atom is 0.233 e. The molecule has 0 bridgehead atoms. The lowest BCUT2D eigenvalue weighted by atomic mass is 9.94. The molecule has 2 heterocycles. The average Bonchev–Trinajstić information content (AvgIpc) is 3.22. The topological polar surface area (TPSA) is 63.9 Å². The maximum absolute atomic E-state index is 14.6. The van der Waals surface area contributed by atoms with Gasteiger partial charge in [-0.25, -0.2) is 4.39 Å². The molecule has 1 amide bonds. The highest BCUT2D eigenvalue weighted by atomic mass is 32.2. The summed E-state index contributed by atoms with van der Waals surface area (Å²) in [6.07, 6.45) is 9.04. The van der Waals surface area contributed by atoms with E-state index >= 15 is 0 Å². The predicted octanol–water partition coefficient (Wildman–Crippen LogP) is 4.35. The first-order valence-corrected chi connectivity index (χ1v) is 11.1. The van der Waals surface area contributed by atoms with Gasteiger partial charge in [0.05, 0.1) is 11.4 Å². The van der Waals surface area contributed by atoms with Gasteiger partial charge in [-0.05, 0) is 37.1 Å². The standard InChI is InChI=1S/C22H24FN5OS/c1-27(17-9-3-2-4-10-17)20(29)15-30-22-26-25-21(16-8-7-13-24-14-16)28(22)19-12-6-5-11-18(19)23/h5-8,11-14,17H,2-4,9-10,15H2,1H3. The molecule has 156 valence electrons. The molecule has 0 saturated heterocycles. The van der Waals surface area contributed by atoms with E-state index in [0.717, 1.165) is 18.4 Å². The molecular formula is C22H24FN5OS. The first-order valence-electron chi connectivity index (χ1n) is 10.1. The van der Waals surface area contributed by atoms with Gasteiger partial charge in [-0.3, -0.25) is 14.3 Å². The van der Waals surface area contributed by atoms with E-state index in [2.05, 4.69) is 15.2 Å². The molecule has 6 nitrogen and oxygen atoms in total. The molecule has 1 aromatic carbocycles. The normalized spacial score (nSPS) is 14.6. The van der Waals surface area contributed by atoms with Crippen LogP contribution in [0.1, 0.15) is 32.1 Å².